The quantitative estimate of drug-likeness (QED) is 0.815. The molecule has 116 valence electrons. The third-order valence-electron chi connectivity index (χ3n) is 4.07. The highest BCUT2D eigenvalue weighted by atomic mass is 35.5. The first-order valence-electron chi connectivity index (χ1n) is 7.26. The van der Waals surface area contributed by atoms with Crippen LogP contribution in [-0.4, -0.2) is 7.11 Å². The van der Waals surface area contributed by atoms with E-state index in [1.165, 1.54) is 0 Å². The summed E-state index contributed by atoms with van der Waals surface area (Å²) >= 11 is 5.98. The van der Waals surface area contributed by atoms with Crippen LogP contribution >= 0.6 is 11.6 Å². The van der Waals surface area contributed by atoms with Gasteiger partial charge in [-0.25, -0.2) is 0 Å². The van der Waals surface area contributed by atoms with E-state index in [-0.39, 0.29) is 0 Å². The normalized spacial score (nSPS) is 22.9. The van der Waals surface area contributed by atoms with Crippen LogP contribution in [0.15, 0.2) is 60.4 Å². The van der Waals surface area contributed by atoms with Crippen molar-refractivity contribution in [3.05, 3.63) is 76.5 Å². The molecule has 0 unspecified atom stereocenters. The van der Waals surface area contributed by atoms with Crippen LogP contribution in [0.4, 0.5) is 0 Å². The number of benzene rings is 2. The minimum atomic E-state index is -0.872. The van der Waals surface area contributed by atoms with Gasteiger partial charge in [0.1, 0.15) is 17.3 Å². The van der Waals surface area contributed by atoms with Crippen LogP contribution in [0.1, 0.15) is 24.2 Å². The second-order valence-corrected chi connectivity index (χ2v) is 5.95. The zero-order chi connectivity index (χ0) is 16.4. The number of halogens is 1. The van der Waals surface area contributed by atoms with E-state index in [0.29, 0.717) is 5.02 Å². The van der Waals surface area contributed by atoms with Gasteiger partial charge in [0.25, 0.3) is 0 Å². The maximum atomic E-state index is 9.96. The van der Waals surface area contributed by atoms with Crippen molar-refractivity contribution < 1.29 is 9.47 Å². The summed E-state index contributed by atoms with van der Waals surface area (Å²) in [6.45, 7) is 1.87. The Bertz CT molecular complexity index is 775. The molecule has 2 aromatic rings. The van der Waals surface area contributed by atoms with Crippen molar-refractivity contribution in [3.63, 3.8) is 0 Å². The van der Waals surface area contributed by atoms with Crippen LogP contribution in [0.5, 0.6) is 5.75 Å². The second kappa shape index (κ2) is 5.98. The lowest BCUT2D eigenvalue weighted by Gasteiger charge is -2.27. The first-order valence-corrected chi connectivity index (χ1v) is 7.64. The lowest BCUT2D eigenvalue weighted by Crippen LogP contribution is -2.27. The van der Waals surface area contributed by atoms with Crippen LogP contribution in [-0.2, 0) is 10.2 Å². The topological polar surface area (TPSA) is 42.2 Å². The van der Waals surface area contributed by atoms with Crippen molar-refractivity contribution in [2.45, 2.75) is 18.4 Å². The van der Waals surface area contributed by atoms with E-state index < -0.39 is 11.5 Å². The summed E-state index contributed by atoms with van der Waals surface area (Å²) in [7, 11) is 1.63. The Morgan fingerprint density at radius 2 is 1.78 bits per heavy atom. The first-order chi connectivity index (χ1) is 11.1. The molecule has 0 saturated heterocycles. The van der Waals surface area contributed by atoms with E-state index in [1.54, 1.807) is 19.2 Å². The Balaban J connectivity index is 2.08. The average Bonchev–Trinajstić information content (AvgIpc) is 2.93. The van der Waals surface area contributed by atoms with Gasteiger partial charge < -0.3 is 9.47 Å². The number of nitrogens with zero attached hydrogens (tertiary/aromatic N) is 1. The number of methoxy groups -OCH3 is 1. The molecule has 1 aliphatic heterocycles. The fourth-order valence-electron chi connectivity index (χ4n) is 2.93. The molecule has 0 amide bonds. The average molecular weight is 326 g/mol. The van der Waals surface area contributed by atoms with E-state index in [4.69, 9.17) is 21.1 Å². The van der Waals surface area contributed by atoms with E-state index in [9.17, 15) is 5.26 Å². The molecule has 1 heterocycles. The summed E-state index contributed by atoms with van der Waals surface area (Å²) in [6, 6.07) is 17.4. The molecule has 2 aromatic carbocycles. The number of hydrogen-bond donors (Lipinski definition) is 0. The van der Waals surface area contributed by atoms with Gasteiger partial charge in [-0.05, 0) is 48.4 Å². The Morgan fingerprint density at radius 1 is 1.13 bits per heavy atom. The monoisotopic (exact) mass is 325 g/mol. The van der Waals surface area contributed by atoms with Gasteiger partial charge >= 0.3 is 0 Å². The SMILES string of the molecule is COc1ccc([C@H]2OC(C)=C[C@@]2(C#N)c2ccc(Cl)cc2)cc1. The summed E-state index contributed by atoms with van der Waals surface area (Å²) in [5.74, 6) is 1.51. The van der Waals surface area contributed by atoms with Crippen LogP contribution in [0.3, 0.4) is 0 Å². The van der Waals surface area contributed by atoms with Crippen molar-refractivity contribution in [2.24, 2.45) is 0 Å². The van der Waals surface area contributed by atoms with E-state index >= 15 is 0 Å². The third kappa shape index (κ3) is 2.67. The Labute approximate surface area is 140 Å². The predicted octanol–water partition coefficient (Wildman–Crippen LogP) is 4.79. The molecule has 0 aromatic heterocycles. The molecule has 3 rings (SSSR count). The molecule has 0 N–H and O–H groups in total. The smallest absolute Gasteiger partial charge is 0.150 e. The zero-order valence-corrected chi connectivity index (χ0v) is 13.7. The summed E-state index contributed by atoms with van der Waals surface area (Å²) in [4.78, 5) is 0. The molecule has 1 aliphatic rings. The van der Waals surface area contributed by atoms with Crippen molar-refractivity contribution in [2.75, 3.05) is 7.11 Å². The molecule has 4 heteroatoms. The number of hydrogen-bond acceptors (Lipinski definition) is 3. The number of ether oxygens (including phenoxy) is 2. The van der Waals surface area contributed by atoms with Crippen LogP contribution in [0.2, 0.25) is 5.02 Å². The maximum Gasteiger partial charge on any atom is 0.150 e. The van der Waals surface area contributed by atoms with Crippen molar-refractivity contribution in [1.82, 2.24) is 0 Å². The number of rotatable bonds is 3. The van der Waals surface area contributed by atoms with Crippen LogP contribution in [0.25, 0.3) is 0 Å². The largest absolute Gasteiger partial charge is 0.497 e. The van der Waals surface area contributed by atoms with Crippen LogP contribution < -0.4 is 4.74 Å². The summed E-state index contributed by atoms with van der Waals surface area (Å²) < 4.78 is 11.2. The molecule has 2 atom stereocenters. The molecule has 0 bridgehead atoms. The zero-order valence-electron chi connectivity index (χ0n) is 12.9. The minimum Gasteiger partial charge on any atom is -0.497 e. The summed E-state index contributed by atoms with van der Waals surface area (Å²) in [5.41, 5.74) is 0.918. The second-order valence-electron chi connectivity index (χ2n) is 5.51. The van der Waals surface area contributed by atoms with Crippen molar-refractivity contribution in [1.29, 1.82) is 5.26 Å². The minimum absolute atomic E-state index is 0.403. The van der Waals surface area contributed by atoms with Crippen molar-refractivity contribution in [3.8, 4) is 11.8 Å². The summed E-state index contributed by atoms with van der Waals surface area (Å²) in [5, 5.41) is 10.6. The molecular formula is C19H16ClNO2. The molecular weight excluding hydrogens is 310 g/mol. The highest BCUT2D eigenvalue weighted by Gasteiger charge is 2.46. The number of nitriles is 1. The molecule has 0 spiro atoms. The van der Waals surface area contributed by atoms with Gasteiger partial charge in [0, 0.05) is 5.02 Å². The highest BCUT2D eigenvalue weighted by Crippen LogP contribution is 2.47. The summed E-state index contributed by atoms with van der Waals surface area (Å²) in [6.07, 6.45) is 1.48. The fraction of sp³-hybridized carbons (Fsp3) is 0.211. The Morgan fingerprint density at radius 3 is 2.35 bits per heavy atom. The Kier molecular flexibility index (Phi) is 4.02. The highest BCUT2D eigenvalue weighted by molar-refractivity contribution is 6.30. The van der Waals surface area contributed by atoms with Crippen molar-refractivity contribution >= 4 is 11.6 Å². The molecule has 0 saturated carbocycles. The van der Waals surface area contributed by atoms with Gasteiger partial charge in [-0.1, -0.05) is 35.9 Å². The Hall–Kier alpha value is -2.44. The first kappa shape index (κ1) is 15.5. The third-order valence-corrected chi connectivity index (χ3v) is 4.33. The standard InChI is InChI=1S/C19H16ClNO2/c1-13-11-19(12-21,15-5-7-16(20)8-6-15)18(23-13)14-3-9-17(22-2)10-4-14/h3-11,18H,1-2H3/t18-,19-/m1/s1. The fourth-order valence-corrected chi connectivity index (χ4v) is 3.06. The van der Waals surface area contributed by atoms with Gasteiger partial charge in [0.15, 0.2) is 0 Å². The molecule has 23 heavy (non-hydrogen) atoms. The van der Waals surface area contributed by atoms with E-state index in [0.717, 1.165) is 22.6 Å². The lowest BCUT2D eigenvalue weighted by atomic mass is 9.75. The molecule has 3 nitrogen and oxygen atoms in total. The maximum absolute atomic E-state index is 9.96. The molecule has 0 radical (unpaired) electrons. The van der Waals surface area contributed by atoms with Gasteiger partial charge in [-0.2, -0.15) is 5.26 Å². The van der Waals surface area contributed by atoms with Gasteiger partial charge in [-0.3, -0.25) is 0 Å². The molecule has 0 fully saturated rings. The van der Waals surface area contributed by atoms with Gasteiger partial charge in [-0.15, -0.1) is 0 Å². The molecule has 0 aliphatic carbocycles. The van der Waals surface area contributed by atoms with Crippen LogP contribution in [0, 0.1) is 11.3 Å². The van der Waals surface area contributed by atoms with Gasteiger partial charge in [0.2, 0.25) is 0 Å². The van der Waals surface area contributed by atoms with E-state index in [1.807, 2.05) is 49.4 Å². The lowest BCUT2D eigenvalue weighted by molar-refractivity contribution is 0.115. The van der Waals surface area contributed by atoms with E-state index in [2.05, 4.69) is 6.07 Å². The predicted molar refractivity (Wildman–Crippen MR) is 89.3 cm³/mol. The number of allylic oxidation sites excluding steroid dienone is 1. The van der Waals surface area contributed by atoms with Gasteiger partial charge in [0.05, 0.1) is 18.9 Å².